The van der Waals surface area contributed by atoms with E-state index in [1.165, 1.54) is 0 Å². The molecule has 0 spiro atoms. The lowest BCUT2D eigenvalue weighted by molar-refractivity contribution is -0.133. The summed E-state index contributed by atoms with van der Waals surface area (Å²) in [5.41, 5.74) is 5.31. The minimum absolute atomic E-state index is 0.0633. The number of ketones is 1. The minimum Gasteiger partial charge on any atom is -0.499 e. The fourth-order valence-electron chi connectivity index (χ4n) is 5.08. The molecule has 8 nitrogen and oxygen atoms in total. The first-order valence-corrected chi connectivity index (χ1v) is 13.3. The van der Waals surface area contributed by atoms with Gasteiger partial charge in [0.2, 0.25) is 0 Å². The van der Waals surface area contributed by atoms with Gasteiger partial charge in [-0.2, -0.15) is 0 Å². The van der Waals surface area contributed by atoms with Gasteiger partial charge in [0.05, 0.1) is 26.8 Å². The minimum atomic E-state index is -1.03. The van der Waals surface area contributed by atoms with Crippen LogP contribution < -0.4 is 5.32 Å². The van der Waals surface area contributed by atoms with Crippen LogP contribution in [-0.2, 0) is 23.8 Å². The van der Waals surface area contributed by atoms with Gasteiger partial charge in [0.15, 0.2) is 5.78 Å². The van der Waals surface area contributed by atoms with Crippen LogP contribution >= 0.6 is 0 Å². The number of allylic oxidation sites excluding steroid dienone is 4. The zero-order valence-electron chi connectivity index (χ0n) is 22.7. The maximum atomic E-state index is 12.3. The Bertz CT molecular complexity index is 1000. The van der Waals surface area contributed by atoms with E-state index in [2.05, 4.69) is 25.2 Å². The van der Waals surface area contributed by atoms with Gasteiger partial charge in [-0.25, -0.2) is 4.79 Å². The first-order valence-electron chi connectivity index (χ1n) is 13.3. The maximum Gasteiger partial charge on any atom is 0.332 e. The Kier molecular flexibility index (Phi) is 11.1. The predicted molar refractivity (Wildman–Crippen MR) is 144 cm³/mol. The molecule has 3 aliphatic rings. The number of hydrogen-bond donors (Lipinski definition) is 2. The highest BCUT2D eigenvalue weighted by Gasteiger charge is 2.30. The summed E-state index contributed by atoms with van der Waals surface area (Å²) in [6, 6.07) is 0. The summed E-state index contributed by atoms with van der Waals surface area (Å²) in [4.78, 5) is 29.1. The quantitative estimate of drug-likeness (QED) is 0.394. The summed E-state index contributed by atoms with van der Waals surface area (Å²) in [5.74, 6) is 0.00327. The lowest BCUT2D eigenvalue weighted by Gasteiger charge is -2.31. The second-order valence-electron chi connectivity index (χ2n) is 10.2. The van der Waals surface area contributed by atoms with E-state index < -0.39 is 5.97 Å². The van der Waals surface area contributed by atoms with E-state index in [0.29, 0.717) is 32.6 Å². The Balaban J connectivity index is 1.88. The van der Waals surface area contributed by atoms with Crippen molar-refractivity contribution in [1.29, 1.82) is 0 Å². The van der Waals surface area contributed by atoms with Crippen molar-refractivity contribution in [2.45, 2.75) is 58.8 Å². The molecular formula is C29H42N2O6. The van der Waals surface area contributed by atoms with Crippen LogP contribution in [0.4, 0.5) is 0 Å². The highest BCUT2D eigenvalue weighted by atomic mass is 16.5. The van der Waals surface area contributed by atoms with E-state index in [1.807, 2.05) is 0 Å². The summed E-state index contributed by atoms with van der Waals surface area (Å²) >= 11 is 0. The van der Waals surface area contributed by atoms with Crippen LogP contribution in [0.2, 0.25) is 0 Å². The monoisotopic (exact) mass is 514 g/mol. The van der Waals surface area contributed by atoms with Crippen molar-refractivity contribution >= 4 is 17.5 Å². The average molecular weight is 515 g/mol. The Morgan fingerprint density at radius 2 is 1.95 bits per heavy atom. The number of methoxy groups -OCH3 is 2. The first-order chi connectivity index (χ1) is 17.8. The molecule has 0 saturated heterocycles. The molecule has 0 aromatic carbocycles. The standard InChI is InChI=1S/C29H42N2O6/c1-19(2)24-14-20-12-22(18-37-11-7-5-6-10-35-3)28(36-4)17-31-26(20)8-9-27-25(24)15-21(29(33)34)13-23(32)16-30-27/h12,15,19,24,30H,5-11,13-14,16-18H2,1-4H3,(H,33,34)/b21-15+,27-25+. The number of aliphatic carboxylic acids is 1. The summed E-state index contributed by atoms with van der Waals surface area (Å²) < 4.78 is 16.8. The number of unbranched alkanes of at least 4 members (excludes halogenated alkanes) is 2. The van der Waals surface area contributed by atoms with Crippen LogP contribution in [0.25, 0.3) is 0 Å². The zero-order chi connectivity index (χ0) is 26.8. The molecular weight excluding hydrogens is 472 g/mol. The average Bonchev–Trinajstić information content (AvgIpc) is 3.01. The third-order valence-corrected chi connectivity index (χ3v) is 7.23. The van der Waals surface area contributed by atoms with Gasteiger partial charge < -0.3 is 24.6 Å². The van der Waals surface area contributed by atoms with E-state index in [-0.39, 0.29) is 36.2 Å². The molecule has 2 N–H and O–H groups in total. The molecule has 1 atom stereocenters. The van der Waals surface area contributed by atoms with Crippen molar-refractivity contribution in [2.24, 2.45) is 16.8 Å². The molecule has 1 unspecified atom stereocenters. The molecule has 0 amide bonds. The van der Waals surface area contributed by atoms with Crippen molar-refractivity contribution < 1.29 is 28.9 Å². The van der Waals surface area contributed by atoms with Gasteiger partial charge >= 0.3 is 5.97 Å². The normalized spacial score (nSPS) is 24.2. The topological polar surface area (TPSA) is 106 Å². The van der Waals surface area contributed by atoms with Gasteiger partial charge in [-0.3, -0.25) is 9.79 Å². The molecule has 2 heterocycles. The van der Waals surface area contributed by atoms with Crippen LogP contribution in [0, 0.1) is 11.8 Å². The number of fused-ring (bicyclic) bond motifs is 1. The molecule has 204 valence electrons. The van der Waals surface area contributed by atoms with Crippen LogP contribution in [0.5, 0.6) is 0 Å². The molecule has 0 aromatic heterocycles. The van der Waals surface area contributed by atoms with Crippen LogP contribution in [0.3, 0.4) is 0 Å². The second-order valence-corrected chi connectivity index (χ2v) is 10.2. The highest BCUT2D eigenvalue weighted by molar-refractivity contribution is 6.01. The Morgan fingerprint density at radius 3 is 2.65 bits per heavy atom. The van der Waals surface area contributed by atoms with Gasteiger partial charge in [0.1, 0.15) is 5.76 Å². The molecule has 2 aliphatic heterocycles. The lowest BCUT2D eigenvalue weighted by atomic mass is 9.76. The van der Waals surface area contributed by atoms with Gasteiger partial charge in [0.25, 0.3) is 0 Å². The number of carboxylic acid groups (broad SMARTS) is 1. The third kappa shape index (κ3) is 8.14. The van der Waals surface area contributed by atoms with Gasteiger partial charge in [-0.15, -0.1) is 0 Å². The summed E-state index contributed by atoms with van der Waals surface area (Å²) in [7, 11) is 3.40. The number of nitrogens with one attached hydrogen (secondary N) is 1. The van der Waals surface area contributed by atoms with Crippen molar-refractivity contribution in [3.05, 3.63) is 45.9 Å². The number of nitrogens with zero attached hydrogens (tertiary/aromatic N) is 1. The van der Waals surface area contributed by atoms with E-state index in [9.17, 15) is 14.7 Å². The Labute approximate surface area is 220 Å². The fourth-order valence-corrected chi connectivity index (χ4v) is 5.08. The maximum absolute atomic E-state index is 12.3. The highest BCUT2D eigenvalue weighted by Crippen LogP contribution is 2.37. The van der Waals surface area contributed by atoms with Crippen LogP contribution in [-0.4, -0.2) is 69.7 Å². The molecule has 0 saturated carbocycles. The van der Waals surface area contributed by atoms with E-state index in [4.69, 9.17) is 19.2 Å². The van der Waals surface area contributed by atoms with Crippen molar-refractivity contribution in [2.75, 3.05) is 47.1 Å². The van der Waals surface area contributed by atoms with Crippen molar-refractivity contribution in [3.8, 4) is 0 Å². The third-order valence-electron chi connectivity index (χ3n) is 7.23. The number of ether oxygens (including phenoxy) is 3. The molecule has 0 radical (unpaired) electrons. The van der Waals surface area contributed by atoms with E-state index in [0.717, 1.165) is 66.2 Å². The number of carbonyl (C=O) groups excluding carboxylic acids is 1. The molecule has 3 rings (SSSR count). The molecule has 1 aliphatic carbocycles. The van der Waals surface area contributed by atoms with Gasteiger partial charge in [0, 0.05) is 49.3 Å². The summed E-state index contributed by atoms with van der Waals surface area (Å²) in [6.45, 7) is 6.85. The van der Waals surface area contributed by atoms with Crippen molar-refractivity contribution in [1.82, 2.24) is 5.32 Å². The fraction of sp³-hybridized carbons (Fsp3) is 0.621. The van der Waals surface area contributed by atoms with E-state index in [1.54, 1.807) is 20.3 Å². The predicted octanol–water partition coefficient (Wildman–Crippen LogP) is 4.38. The largest absolute Gasteiger partial charge is 0.499 e. The van der Waals surface area contributed by atoms with Crippen molar-refractivity contribution in [3.63, 3.8) is 0 Å². The number of Topliss-reactive ketones (excluding diaryl/α,β-unsaturated/α-hetero) is 1. The first kappa shape index (κ1) is 28.9. The second kappa shape index (κ2) is 14.3. The summed E-state index contributed by atoms with van der Waals surface area (Å²) in [5, 5.41) is 13.1. The SMILES string of the molecule is COCCCCCOCC1=C(OC)CN=C2CC/C3=C(/C=C(/C(=O)O)CC(=O)CN3)C(C(C)C)CC2=C1. The molecule has 8 heteroatoms. The van der Waals surface area contributed by atoms with Gasteiger partial charge in [-0.05, 0) is 73.7 Å². The summed E-state index contributed by atoms with van der Waals surface area (Å²) in [6.07, 6.45) is 9.04. The van der Waals surface area contributed by atoms with Gasteiger partial charge in [-0.1, -0.05) is 13.8 Å². The Morgan fingerprint density at radius 1 is 1.16 bits per heavy atom. The number of carbonyl (C=O) groups is 2. The number of rotatable bonds is 11. The zero-order valence-corrected chi connectivity index (χ0v) is 22.7. The molecule has 37 heavy (non-hydrogen) atoms. The number of aliphatic imine (C=N–C) groups is 1. The lowest BCUT2D eigenvalue weighted by Crippen LogP contribution is -2.31. The molecule has 0 fully saturated rings. The van der Waals surface area contributed by atoms with Crippen LogP contribution in [0.15, 0.2) is 50.9 Å². The Hall–Kier alpha value is -2.71. The van der Waals surface area contributed by atoms with Crippen LogP contribution in [0.1, 0.15) is 58.8 Å². The molecule has 0 aromatic rings. The number of hydrogen-bond acceptors (Lipinski definition) is 7. The number of carboxylic acids is 1. The molecule has 0 bridgehead atoms. The smallest absolute Gasteiger partial charge is 0.332 e. The van der Waals surface area contributed by atoms with E-state index >= 15 is 0 Å².